The summed E-state index contributed by atoms with van der Waals surface area (Å²) >= 11 is 0. The van der Waals surface area contributed by atoms with E-state index >= 15 is 0 Å². The fourth-order valence-electron chi connectivity index (χ4n) is 3.57. The first-order valence-corrected chi connectivity index (χ1v) is 9.91. The minimum absolute atomic E-state index is 0.198. The van der Waals surface area contributed by atoms with Crippen LogP contribution in [0.4, 0.5) is 10.1 Å². The third-order valence-electron chi connectivity index (χ3n) is 5.34. The molecule has 6 nitrogen and oxygen atoms in total. The number of hydrogen-bond acceptors (Lipinski definition) is 3. The molecule has 30 heavy (non-hydrogen) atoms. The predicted molar refractivity (Wildman–Crippen MR) is 112 cm³/mol. The topological polar surface area (TPSA) is 67.2 Å². The zero-order chi connectivity index (χ0) is 21.3. The van der Waals surface area contributed by atoms with Crippen LogP contribution in [0.25, 0.3) is 0 Å². The van der Waals surface area contributed by atoms with E-state index < -0.39 is 0 Å². The van der Waals surface area contributed by atoms with Crippen LogP contribution in [0.5, 0.6) is 0 Å². The summed E-state index contributed by atoms with van der Waals surface area (Å²) in [6, 6.07) is 13.5. The van der Waals surface area contributed by atoms with Gasteiger partial charge in [0.1, 0.15) is 11.5 Å². The Bertz CT molecular complexity index is 1120. The summed E-state index contributed by atoms with van der Waals surface area (Å²) in [4.78, 5) is 27.4. The molecule has 4 rings (SSSR count). The molecule has 0 bridgehead atoms. The molecule has 0 spiro atoms. The molecule has 1 N–H and O–H groups in total. The highest BCUT2D eigenvalue weighted by atomic mass is 19.1. The van der Waals surface area contributed by atoms with Crippen molar-refractivity contribution in [2.45, 2.75) is 33.4 Å². The molecule has 1 aromatic heterocycles. The lowest BCUT2D eigenvalue weighted by molar-refractivity contribution is 0.0745. The molecular weight excluding hydrogens is 383 g/mol. The van der Waals surface area contributed by atoms with E-state index in [2.05, 4.69) is 10.4 Å². The van der Waals surface area contributed by atoms with Crippen LogP contribution in [0, 0.1) is 19.7 Å². The van der Waals surface area contributed by atoms with E-state index in [0.29, 0.717) is 37.4 Å². The van der Waals surface area contributed by atoms with Gasteiger partial charge in [-0.1, -0.05) is 18.2 Å². The number of rotatable bonds is 4. The van der Waals surface area contributed by atoms with Crippen LogP contribution < -0.4 is 5.32 Å². The van der Waals surface area contributed by atoms with Gasteiger partial charge in [0.15, 0.2) is 5.69 Å². The summed E-state index contributed by atoms with van der Waals surface area (Å²) in [5, 5.41) is 7.19. The molecule has 0 atom stereocenters. The summed E-state index contributed by atoms with van der Waals surface area (Å²) in [5.74, 6) is -0.900. The molecule has 0 unspecified atom stereocenters. The fourth-order valence-corrected chi connectivity index (χ4v) is 3.57. The van der Waals surface area contributed by atoms with Crippen molar-refractivity contribution in [2.24, 2.45) is 0 Å². The highest BCUT2D eigenvalue weighted by molar-refractivity contribution is 6.04. The lowest BCUT2D eigenvalue weighted by atomic mass is 10.1. The normalized spacial score (nSPS) is 13.7. The van der Waals surface area contributed by atoms with Crippen LogP contribution in [0.15, 0.2) is 48.5 Å². The molecule has 7 heteroatoms. The molecule has 1 aliphatic heterocycles. The standard InChI is InChI=1S/C23H23FN4O2/c1-15-7-8-19(11-16(15)2)25-22(29)20-13-21-23(30)27(9-4-10-28(21)26-20)14-17-5-3-6-18(24)12-17/h3,5-8,11-13H,4,9-10,14H2,1-2H3,(H,25,29). The first kappa shape index (κ1) is 19.8. The zero-order valence-corrected chi connectivity index (χ0v) is 17.0. The number of fused-ring (bicyclic) bond motifs is 1. The van der Waals surface area contributed by atoms with E-state index in [1.807, 2.05) is 32.0 Å². The van der Waals surface area contributed by atoms with Gasteiger partial charge in [-0.2, -0.15) is 5.10 Å². The van der Waals surface area contributed by atoms with Crippen LogP contribution in [-0.4, -0.2) is 33.0 Å². The first-order chi connectivity index (χ1) is 14.4. The van der Waals surface area contributed by atoms with E-state index in [9.17, 15) is 14.0 Å². The minimum Gasteiger partial charge on any atom is -0.333 e. The molecule has 0 aliphatic carbocycles. The Morgan fingerprint density at radius 1 is 1.10 bits per heavy atom. The third-order valence-corrected chi connectivity index (χ3v) is 5.34. The quantitative estimate of drug-likeness (QED) is 0.714. The lowest BCUT2D eigenvalue weighted by Crippen LogP contribution is -2.30. The van der Waals surface area contributed by atoms with Crippen LogP contribution in [0.3, 0.4) is 0 Å². The summed E-state index contributed by atoms with van der Waals surface area (Å²) in [5.41, 5.74) is 4.20. The highest BCUT2D eigenvalue weighted by Gasteiger charge is 2.26. The van der Waals surface area contributed by atoms with E-state index in [1.54, 1.807) is 21.7 Å². The zero-order valence-electron chi connectivity index (χ0n) is 17.0. The maximum Gasteiger partial charge on any atom is 0.276 e. The molecule has 0 fully saturated rings. The van der Waals surface area contributed by atoms with Crippen LogP contribution in [0.1, 0.15) is 44.1 Å². The Balaban J connectivity index is 1.53. The average Bonchev–Trinajstić information content (AvgIpc) is 3.08. The summed E-state index contributed by atoms with van der Waals surface area (Å²) in [6.45, 7) is 5.39. The molecule has 154 valence electrons. The van der Waals surface area contributed by atoms with Crippen molar-refractivity contribution in [3.8, 4) is 0 Å². The van der Waals surface area contributed by atoms with Crippen molar-refractivity contribution < 1.29 is 14.0 Å². The molecule has 0 saturated heterocycles. The number of carbonyl (C=O) groups is 2. The second kappa shape index (κ2) is 8.10. The SMILES string of the molecule is Cc1ccc(NC(=O)c2cc3n(n2)CCCN(Cc2cccc(F)c2)C3=O)cc1C. The molecule has 2 aromatic carbocycles. The van der Waals surface area contributed by atoms with Gasteiger partial charge in [-0.05, 0) is 61.2 Å². The van der Waals surface area contributed by atoms with Crippen LogP contribution in [0.2, 0.25) is 0 Å². The van der Waals surface area contributed by atoms with Gasteiger partial charge in [0.05, 0.1) is 0 Å². The number of carbonyl (C=O) groups excluding carboxylic acids is 2. The Kier molecular flexibility index (Phi) is 5.35. The number of aryl methyl sites for hydroxylation is 3. The van der Waals surface area contributed by atoms with Gasteiger partial charge in [0.25, 0.3) is 11.8 Å². The maximum atomic E-state index is 13.5. The van der Waals surface area contributed by atoms with E-state index in [4.69, 9.17) is 0 Å². The third kappa shape index (κ3) is 4.10. The number of hydrogen-bond donors (Lipinski definition) is 1. The molecule has 0 radical (unpaired) electrons. The molecule has 3 aromatic rings. The van der Waals surface area contributed by atoms with Crippen molar-refractivity contribution in [1.29, 1.82) is 0 Å². The molecule has 0 saturated carbocycles. The van der Waals surface area contributed by atoms with Gasteiger partial charge in [0, 0.05) is 31.4 Å². The number of anilines is 1. The number of amides is 2. The monoisotopic (exact) mass is 406 g/mol. The molecule has 2 amide bonds. The summed E-state index contributed by atoms with van der Waals surface area (Å²) < 4.78 is 15.1. The Morgan fingerprint density at radius 3 is 2.70 bits per heavy atom. The van der Waals surface area contributed by atoms with Crippen molar-refractivity contribution in [3.05, 3.63) is 82.4 Å². The van der Waals surface area contributed by atoms with E-state index in [0.717, 1.165) is 16.7 Å². The van der Waals surface area contributed by atoms with Crippen molar-refractivity contribution in [1.82, 2.24) is 14.7 Å². The van der Waals surface area contributed by atoms with Crippen LogP contribution >= 0.6 is 0 Å². The predicted octanol–water partition coefficient (Wildman–Crippen LogP) is 3.94. The Hall–Kier alpha value is -3.48. The van der Waals surface area contributed by atoms with Gasteiger partial charge in [-0.25, -0.2) is 4.39 Å². The molecule has 1 aliphatic rings. The summed E-state index contributed by atoms with van der Waals surface area (Å²) in [6.07, 6.45) is 0.702. The molecule has 2 heterocycles. The van der Waals surface area contributed by atoms with Gasteiger partial charge in [-0.3, -0.25) is 14.3 Å². The Labute approximate surface area is 174 Å². The number of nitrogens with zero attached hydrogens (tertiary/aromatic N) is 3. The lowest BCUT2D eigenvalue weighted by Gasteiger charge is -2.20. The average molecular weight is 406 g/mol. The fraction of sp³-hybridized carbons (Fsp3) is 0.261. The second-order valence-electron chi connectivity index (χ2n) is 7.60. The number of benzene rings is 2. The van der Waals surface area contributed by atoms with E-state index in [1.165, 1.54) is 18.2 Å². The number of aromatic nitrogens is 2. The van der Waals surface area contributed by atoms with Gasteiger partial charge >= 0.3 is 0 Å². The van der Waals surface area contributed by atoms with Gasteiger partial charge in [0.2, 0.25) is 0 Å². The summed E-state index contributed by atoms with van der Waals surface area (Å²) in [7, 11) is 0. The maximum absolute atomic E-state index is 13.5. The number of nitrogens with one attached hydrogen (secondary N) is 1. The second-order valence-corrected chi connectivity index (χ2v) is 7.60. The van der Waals surface area contributed by atoms with Crippen molar-refractivity contribution in [2.75, 3.05) is 11.9 Å². The van der Waals surface area contributed by atoms with Gasteiger partial charge in [-0.15, -0.1) is 0 Å². The van der Waals surface area contributed by atoms with E-state index in [-0.39, 0.29) is 23.3 Å². The van der Waals surface area contributed by atoms with Gasteiger partial charge < -0.3 is 10.2 Å². The minimum atomic E-state index is -0.358. The van der Waals surface area contributed by atoms with Crippen LogP contribution in [-0.2, 0) is 13.1 Å². The van der Waals surface area contributed by atoms with Crippen molar-refractivity contribution in [3.63, 3.8) is 0 Å². The molecular formula is C23H23FN4O2. The van der Waals surface area contributed by atoms with Crippen molar-refractivity contribution >= 4 is 17.5 Å². The smallest absolute Gasteiger partial charge is 0.276 e. The largest absolute Gasteiger partial charge is 0.333 e. The Morgan fingerprint density at radius 2 is 1.93 bits per heavy atom. The first-order valence-electron chi connectivity index (χ1n) is 9.91. The highest BCUT2D eigenvalue weighted by Crippen LogP contribution is 2.19. The number of halogens is 1.